The molecule has 1 saturated heterocycles. The standard InChI is InChI=1S/C14H20N2O2/c1-3-5-8-15-13(17)10-12-7-6-9-16(11-12)14(18)4-2/h1,4,12H,2,5-11H2,(H,15,17)/t12-/m0/s1. The van der Waals surface area contributed by atoms with E-state index in [1.807, 2.05) is 0 Å². The molecule has 0 saturated carbocycles. The third kappa shape index (κ3) is 4.62. The largest absolute Gasteiger partial charge is 0.355 e. The molecule has 98 valence electrons. The lowest BCUT2D eigenvalue weighted by Crippen LogP contribution is -2.40. The molecule has 0 radical (unpaired) electrons. The van der Waals surface area contributed by atoms with E-state index in [9.17, 15) is 9.59 Å². The molecule has 1 N–H and O–H groups in total. The molecule has 4 nitrogen and oxygen atoms in total. The van der Waals surface area contributed by atoms with Crippen molar-refractivity contribution < 1.29 is 9.59 Å². The van der Waals surface area contributed by atoms with Crippen LogP contribution < -0.4 is 5.32 Å². The van der Waals surface area contributed by atoms with E-state index in [1.54, 1.807) is 4.90 Å². The number of carbonyl (C=O) groups excluding carboxylic acids is 2. The molecule has 0 spiro atoms. The Morgan fingerprint density at radius 2 is 2.33 bits per heavy atom. The molecule has 0 aliphatic carbocycles. The first-order valence-corrected chi connectivity index (χ1v) is 6.29. The lowest BCUT2D eigenvalue weighted by atomic mass is 9.94. The number of likely N-dealkylation sites (tertiary alicyclic amines) is 1. The van der Waals surface area contributed by atoms with Crippen LogP contribution in [-0.2, 0) is 9.59 Å². The summed E-state index contributed by atoms with van der Waals surface area (Å²) < 4.78 is 0. The van der Waals surface area contributed by atoms with Gasteiger partial charge in [0.15, 0.2) is 0 Å². The summed E-state index contributed by atoms with van der Waals surface area (Å²) in [6.45, 7) is 5.42. The zero-order chi connectivity index (χ0) is 13.4. The first kappa shape index (κ1) is 14.3. The average molecular weight is 248 g/mol. The van der Waals surface area contributed by atoms with E-state index in [4.69, 9.17) is 6.42 Å². The molecule has 2 amide bonds. The number of terminal acetylenes is 1. The first-order chi connectivity index (χ1) is 8.67. The van der Waals surface area contributed by atoms with Crippen molar-refractivity contribution in [2.45, 2.75) is 25.7 Å². The van der Waals surface area contributed by atoms with Crippen LogP contribution in [0.25, 0.3) is 0 Å². The van der Waals surface area contributed by atoms with Gasteiger partial charge in [-0.3, -0.25) is 9.59 Å². The van der Waals surface area contributed by atoms with Crippen molar-refractivity contribution in [1.29, 1.82) is 0 Å². The maximum atomic E-state index is 11.6. The van der Waals surface area contributed by atoms with Crippen molar-refractivity contribution >= 4 is 11.8 Å². The summed E-state index contributed by atoms with van der Waals surface area (Å²) in [5.41, 5.74) is 0. The van der Waals surface area contributed by atoms with Crippen molar-refractivity contribution in [1.82, 2.24) is 10.2 Å². The van der Waals surface area contributed by atoms with Crippen molar-refractivity contribution in [3.8, 4) is 12.3 Å². The Balaban J connectivity index is 2.33. The van der Waals surface area contributed by atoms with Gasteiger partial charge >= 0.3 is 0 Å². The van der Waals surface area contributed by atoms with Crippen molar-refractivity contribution in [3.05, 3.63) is 12.7 Å². The lowest BCUT2D eigenvalue weighted by molar-refractivity contribution is -0.129. The van der Waals surface area contributed by atoms with Gasteiger partial charge in [0.25, 0.3) is 0 Å². The number of rotatable bonds is 5. The number of amides is 2. The number of carbonyl (C=O) groups is 2. The summed E-state index contributed by atoms with van der Waals surface area (Å²) >= 11 is 0. The normalized spacial score (nSPS) is 18.8. The van der Waals surface area contributed by atoms with Crippen LogP contribution in [0.2, 0.25) is 0 Å². The fourth-order valence-corrected chi connectivity index (χ4v) is 2.17. The molecule has 1 heterocycles. The molecule has 0 bridgehead atoms. The Kier molecular flexibility index (Phi) is 5.99. The number of hydrogen-bond donors (Lipinski definition) is 1. The lowest BCUT2D eigenvalue weighted by Gasteiger charge is -2.31. The highest BCUT2D eigenvalue weighted by Crippen LogP contribution is 2.19. The molecule has 0 unspecified atom stereocenters. The summed E-state index contributed by atoms with van der Waals surface area (Å²) in [4.78, 5) is 24.9. The Morgan fingerprint density at radius 3 is 3.00 bits per heavy atom. The second-order valence-corrected chi connectivity index (χ2v) is 4.50. The molecule has 0 aromatic heterocycles. The summed E-state index contributed by atoms with van der Waals surface area (Å²) in [6, 6.07) is 0. The Hall–Kier alpha value is -1.76. The van der Waals surface area contributed by atoms with Gasteiger partial charge in [-0.25, -0.2) is 0 Å². The molecule has 1 rings (SSSR count). The fourth-order valence-electron chi connectivity index (χ4n) is 2.17. The van der Waals surface area contributed by atoms with E-state index in [1.165, 1.54) is 6.08 Å². The molecule has 0 aromatic carbocycles. The molecular formula is C14H20N2O2. The molecule has 1 atom stereocenters. The molecule has 1 fully saturated rings. The third-order valence-corrected chi connectivity index (χ3v) is 3.07. The highest BCUT2D eigenvalue weighted by Gasteiger charge is 2.23. The van der Waals surface area contributed by atoms with Gasteiger partial charge in [0.2, 0.25) is 11.8 Å². The summed E-state index contributed by atoms with van der Waals surface area (Å²) in [5.74, 6) is 2.69. The topological polar surface area (TPSA) is 49.4 Å². The average Bonchev–Trinajstić information content (AvgIpc) is 2.38. The minimum absolute atomic E-state index is 0.0168. The Bertz CT molecular complexity index is 357. The quantitative estimate of drug-likeness (QED) is 0.447. The van der Waals surface area contributed by atoms with Gasteiger partial charge in [0.1, 0.15) is 0 Å². The number of nitrogens with zero attached hydrogens (tertiary/aromatic N) is 1. The highest BCUT2D eigenvalue weighted by molar-refractivity contribution is 5.87. The van der Waals surface area contributed by atoms with Gasteiger partial charge < -0.3 is 10.2 Å². The van der Waals surface area contributed by atoms with Crippen LogP contribution >= 0.6 is 0 Å². The van der Waals surface area contributed by atoms with Crippen molar-refractivity contribution in [3.63, 3.8) is 0 Å². The zero-order valence-corrected chi connectivity index (χ0v) is 10.7. The Labute approximate surface area is 108 Å². The van der Waals surface area contributed by atoms with E-state index < -0.39 is 0 Å². The van der Waals surface area contributed by atoms with Crippen LogP contribution in [0.3, 0.4) is 0 Å². The Morgan fingerprint density at radius 1 is 1.56 bits per heavy atom. The maximum Gasteiger partial charge on any atom is 0.245 e. The zero-order valence-electron chi connectivity index (χ0n) is 10.7. The molecule has 1 aliphatic rings. The second-order valence-electron chi connectivity index (χ2n) is 4.50. The van der Waals surface area contributed by atoms with Crippen LogP contribution in [0.4, 0.5) is 0 Å². The minimum atomic E-state index is -0.0487. The summed E-state index contributed by atoms with van der Waals surface area (Å²) in [7, 11) is 0. The van der Waals surface area contributed by atoms with E-state index in [0.29, 0.717) is 25.9 Å². The van der Waals surface area contributed by atoms with Gasteiger partial charge in [-0.15, -0.1) is 12.3 Å². The smallest absolute Gasteiger partial charge is 0.245 e. The minimum Gasteiger partial charge on any atom is -0.355 e. The van der Waals surface area contributed by atoms with Gasteiger partial charge in [-0.05, 0) is 24.8 Å². The molecule has 18 heavy (non-hydrogen) atoms. The van der Waals surface area contributed by atoms with Gasteiger partial charge in [-0.1, -0.05) is 6.58 Å². The number of nitrogens with one attached hydrogen (secondary N) is 1. The van der Waals surface area contributed by atoms with E-state index in [0.717, 1.165) is 19.4 Å². The first-order valence-electron chi connectivity index (χ1n) is 6.29. The van der Waals surface area contributed by atoms with Crippen LogP contribution in [0.15, 0.2) is 12.7 Å². The van der Waals surface area contributed by atoms with Gasteiger partial charge in [-0.2, -0.15) is 0 Å². The second kappa shape index (κ2) is 7.54. The molecule has 4 heteroatoms. The monoisotopic (exact) mass is 248 g/mol. The van der Waals surface area contributed by atoms with E-state index in [2.05, 4.69) is 17.8 Å². The molecule has 0 aromatic rings. The van der Waals surface area contributed by atoms with E-state index in [-0.39, 0.29) is 17.7 Å². The number of hydrogen-bond acceptors (Lipinski definition) is 2. The van der Waals surface area contributed by atoms with Crippen LogP contribution in [0.5, 0.6) is 0 Å². The summed E-state index contributed by atoms with van der Waals surface area (Å²) in [5, 5.41) is 2.78. The maximum absolute atomic E-state index is 11.6. The van der Waals surface area contributed by atoms with Crippen LogP contribution in [-0.4, -0.2) is 36.3 Å². The highest BCUT2D eigenvalue weighted by atomic mass is 16.2. The van der Waals surface area contributed by atoms with Crippen molar-refractivity contribution in [2.75, 3.05) is 19.6 Å². The predicted octanol–water partition coefficient (Wildman–Crippen LogP) is 0.941. The van der Waals surface area contributed by atoms with Gasteiger partial charge in [0.05, 0.1) is 0 Å². The number of piperidine rings is 1. The third-order valence-electron chi connectivity index (χ3n) is 3.07. The molecular weight excluding hydrogens is 228 g/mol. The predicted molar refractivity (Wildman–Crippen MR) is 70.6 cm³/mol. The van der Waals surface area contributed by atoms with Gasteiger partial charge in [0, 0.05) is 32.5 Å². The summed E-state index contributed by atoms with van der Waals surface area (Å²) in [6.07, 6.45) is 9.39. The SMILES string of the molecule is C#CCCNC(=O)C[C@@H]1CCCN(C(=O)C=C)C1. The van der Waals surface area contributed by atoms with Crippen LogP contribution in [0.1, 0.15) is 25.7 Å². The van der Waals surface area contributed by atoms with Crippen LogP contribution in [0, 0.1) is 18.3 Å². The molecule has 1 aliphatic heterocycles. The fraction of sp³-hybridized carbons (Fsp3) is 0.571. The van der Waals surface area contributed by atoms with Crippen molar-refractivity contribution in [2.24, 2.45) is 5.92 Å². The van der Waals surface area contributed by atoms with E-state index >= 15 is 0 Å².